The van der Waals surface area contributed by atoms with Crippen molar-refractivity contribution in [2.24, 2.45) is 0 Å². The molecule has 0 aliphatic rings. The molecule has 7 nitrogen and oxygen atoms in total. The van der Waals surface area contributed by atoms with Gasteiger partial charge in [-0.25, -0.2) is 15.0 Å². The van der Waals surface area contributed by atoms with Gasteiger partial charge >= 0.3 is 0 Å². The van der Waals surface area contributed by atoms with E-state index < -0.39 is 0 Å². The van der Waals surface area contributed by atoms with Gasteiger partial charge in [-0.1, -0.05) is 220 Å². The first-order valence-corrected chi connectivity index (χ1v) is 23.6. The maximum atomic E-state index is 6.52. The van der Waals surface area contributed by atoms with Crippen LogP contribution in [0.1, 0.15) is 91.2 Å². The van der Waals surface area contributed by atoms with Gasteiger partial charge in [0.15, 0.2) is 23.1 Å². The van der Waals surface area contributed by atoms with Gasteiger partial charge in [0, 0.05) is 38.6 Å². The van der Waals surface area contributed by atoms with Gasteiger partial charge in [-0.2, -0.15) is 9.97 Å². The minimum Gasteiger partial charge on any atom is -0.452 e. The van der Waals surface area contributed by atoms with Crippen LogP contribution < -0.4 is 0 Å². The molecule has 0 atom stereocenters. The van der Waals surface area contributed by atoms with Crippen LogP contribution in [0.15, 0.2) is 176 Å². The van der Waals surface area contributed by atoms with Crippen molar-refractivity contribution in [3.8, 4) is 51.1 Å². The Morgan fingerprint density at radius 2 is 1.16 bits per heavy atom. The molecule has 9 rings (SSSR count). The smallest absolute Gasteiger partial charge is 0.238 e. The summed E-state index contributed by atoms with van der Waals surface area (Å²) in [5, 5.41) is 1.89. The van der Waals surface area contributed by atoms with Gasteiger partial charge in [0.2, 0.25) is 5.95 Å². The molecule has 5 aromatic carbocycles. The third-order valence-corrected chi connectivity index (χ3v) is 11.0. The maximum absolute atomic E-state index is 6.52. The van der Waals surface area contributed by atoms with Crippen LogP contribution in [-0.2, 0) is 0 Å². The lowest BCUT2D eigenvalue weighted by molar-refractivity contribution is 0.667. The topological polar surface area (TPSA) is 82.5 Å². The second-order valence-electron chi connectivity index (χ2n) is 15.1. The Bertz CT molecular complexity index is 3140. The summed E-state index contributed by atoms with van der Waals surface area (Å²) >= 11 is 0. The molecular weight excluding hydrogens is 821 g/mol. The van der Waals surface area contributed by atoms with Crippen LogP contribution >= 0.6 is 0 Å². The van der Waals surface area contributed by atoms with E-state index in [4.69, 9.17) is 29.3 Å². The Morgan fingerprint density at radius 3 is 1.72 bits per heavy atom. The summed E-state index contributed by atoms with van der Waals surface area (Å²) in [5.74, 6) is 2.22. The lowest BCUT2D eigenvalue weighted by Gasteiger charge is -2.12. The maximum Gasteiger partial charge on any atom is 0.238 e. The Morgan fingerprint density at radius 1 is 0.597 bits per heavy atom. The van der Waals surface area contributed by atoms with Crippen LogP contribution in [0.25, 0.3) is 102 Å². The minimum atomic E-state index is 0.473. The molecule has 0 saturated heterocycles. The molecule has 0 aliphatic heterocycles. The first-order valence-electron chi connectivity index (χ1n) is 23.6. The average molecular weight is 883 g/mol. The van der Waals surface area contributed by atoms with Gasteiger partial charge in [0.1, 0.15) is 16.8 Å². The number of aromatic nitrogens is 6. The SMILES string of the molecule is C=C/C=C\C(=C/C)c1nc(-c2ccccc2)nc(-n2c(C=C)c(C=C)c3cc(-c4ccc5oc6c(-c7ccccc7)nc(-c7ccccc7)nc6c5c4)ccc32)n1.CC.CC.CCCCCC. The number of rotatable bonds is 13. The van der Waals surface area contributed by atoms with Crippen LogP contribution in [0, 0.1) is 0 Å². The number of benzene rings is 5. The van der Waals surface area contributed by atoms with Crippen LogP contribution in [0.2, 0.25) is 0 Å². The molecule has 0 bridgehead atoms. The molecule has 9 aromatic rings. The lowest BCUT2D eigenvalue weighted by atomic mass is 10.0. The van der Waals surface area contributed by atoms with E-state index >= 15 is 0 Å². The highest BCUT2D eigenvalue weighted by Gasteiger charge is 2.22. The predicted octanol–water partition coefficient (Wildman–Crippen LogP) is 17.2. The van der Waals surface area contributed by atoms with E-state index in [2.05, 4.69) is 63.9 Å². The highest BCUT2D eigenvalue weighted by molar-refractivity contribution is 6.08. The zero-order valence-electron chi connectivity index (χ0n) is 40.1. The van der Waals surface area contributed by atoms with E-state index in [0.29, 0.717) is 29.0 Å². The number of hydrogen-bond donors (Lipinski definition) is 0. The van der Waals surface area contributed by atoms with Crippen molar-refractivity contribution in [3.63, 3.8) is 0 Å². The highest BCUT2D eigenvalue weighted by Crippen LogP contribution is 2.39. The molecule has 7 heteroatoms. The number of nitrogens with zero attached hydrogens (tertiary/aromatic N) is 6. The van der Waals surface area contributed by atoms with E-state index in [-0.39, 0.29) is 0 Å². The van der Waals surface area contributed by atoms with Gasteiger partial charge < -0.3 is 4.42 Å². The largest absolute Gasteiger partial charge is 0.452 e. The van der Waals surface area contributed by atoms with E-state index in [1.54, 1.807) is 6.08 Å². The minimum absolute atomic E-state index is 0.473. The molecule has 0 unspecified atom stereocenters. The van der Waals surface area contributed by atoms with Gasteiger partial charge in [0.25, 0.3) is 0 Å². The molecular formula is C60H62N6O. The van der Waals surface area contributed by atoms with Gasteiger partial charge in [-0.15, -0.1) is 0 Å². The predicted molar refractivity (Wildman–Crippen MR) is 287 cm³/mol. The summed E-state index contributed by atoms with van der Waals surface area (Å²) in [6.07, 6.45) is 16.8. The van der Waals surface area contributed by atoms with Gasteiger partial charge in [-0.05, 0) is 48.4 Å². The van der Waals surface area contributed by atoms with Crippen molar-refractivity contribution < 1.29 is 4.42 Å². The standard InChI is InChI=1S/C50H36N6O.C6H14.2C2H6/c1-5-9-19-32(6-2)47-53-49(35-24-17-12-18-25-35)55-50(54-47)56-41(8-4)38(7-3)39-30-36(26-28-42(39)56)37-27-29-43-40(31-37)45-46(57-43)44(33-20-13-10-14-21-33)51-48(52-45)34-22-15-11-16-23-34;1-3-5-6-4-2;2*1-2/h5-31H,1,3-4H2,2H3;3-6H2,1-2H3;2*1-2H3/b19-9-,32-6+;;;. The fraction of sp³-hybridized carbons (Fsp3) is 0.183. The number of allylic oxidation sites excluding steroid dienone is 5. The number of furan rings is 1. The van der Waals surface area contributed by atoms with Crippen molar-refractivity contribution in [2.45, 2.75) is 74.1 Å². The zero-order valence-corrected chi connectivity index (χ0v) is 40.1. The molecule has 4 aromatic heterocycles. The zero-order chi connectivity index (χ0) is 47.7. The average Bonchev–Trinajstić information content (AvgIpc) is 3.94. The van der Waals surface area contributed by atoms with E-state index in [9.17, 15) is 0 Å². The van der Waals surface area contributed by atoms with E-state index in [1.165, 1.54) is 25.7 Å². The third kappa shape index (κ3) is 10.7. The first-order chi connectivity index (χ1) is 33.0. The lowest BCUT2D eigenvalue weighted by Crippen LogP contribution is -2.09. The summed E-state index contributed by atoms with van der Waals surface area (Å²) in [7, 11) is 0. The molecule has 0 saturated carbocycles. The van der Waals surface area contributed by atoms with Crippen LogP contribution in [-0.4, -0.2) is 29.5 Å². The normalized spacial score (nSPS) is 11.1. The molecule has 338 valence electrons. The van der Waals surface area contributed by atoms with E-state index in [0.717, 1.165) is 77.7 Å². The molecule has 0 N–H and O–H groups in total. The second-order valence-corrected chi connectivity index (χ2v) is 15.1. The Kier molecular flexibility index (Phi) is 17.4. The first kappa shape index (κ1) is 48.7. The molecule has 0 radical (unpaired) electrons. The fourth-order valence-corrected chi connectivity index (χ4v) is 7.76. The van der Waals surface area contributed by atoms with Crippen LogP contribution in [0.3, 0.4) is 0 Å². The fourth-order valence-electron chi connectivity index (χ4n) is 7.76. The third-order valence-electron chi connectivity index (χ3n) is 11.0. The highest BCUT2D eigenvalue weighted by atomic mass is 16.3. The number of fused-ring (bicyclic) bond motifs is 4. The van der Waals surface area contributed by atoms with Gasteiger partial charge in [0.05, 0.1) is 11.2 Å². The quantitative estimate of drug-likeness (QED) is 0.0847. The van der Waals surface area contributed by atoms with Crippen LogP contribution in [0.4, 0.5) is 0 Å². The van der Waals surface area contributed by atoms with Crippen molar-refractivity contribution in [3.05, 3.63) is 189 Å². The monoisotopic (exact) mass is 882 g/mol. The van der Waals surface area contributed by atoms with Crippen molar-refractivity contribution in [1.29, 1.82) is 0 Å². The second kappa shape index (κ2) is 24.0. The van der Waals surface area contributed by atoms with Gasteiger partial charge in [-0.3, -0.25) is 4.57 Å². The molecule has 67 heavy (non-hydrogen) atoms. The van der Waals surface area contributed by atoms with Crippen molar-refractivity contribution in [2.75, 3.05) is 0 Å². The Balaban J connectivity index is 0.000000680. The summed E-state index contributed by atoms with van der Waals surface area (Å²) in [4.78, 5) is 25.1. The van der Waals surface area contributed by atoms with Crippen molar-refractivity contribution >= 4 is 50.7 Å². The molecule has 0 aliphatic carbocycles. The number of hydrogen-bond acceptors (Lipinski definition) is 6. The van der Waals surface area contributed by atoms with Crippen molar-refractivity contribution in [1.82, 2.24) is 29.5 Å². The molecule has 4 heterocycles. The summed E-state index contributed by atoms with van der Waals surface area (Å²) in [5.41, 5.74) is 11.2. The Labute approximate surface area is 396 Å². The molecule has 0 spiro atoms. The molecule has 0 fully saturated rings. The Hall–Kier alpha value is -7.77. The summed E-state index contributed by atoms with van der Waals surface area (Å²) in [6.45, 7) is 26.7. The molecule has 0 amide bonds. The summed E-state index contributed by atoms with van der Waals surface area (Å²) < 4.78 is 8.55. The summed E-state index contributed by atoms with van der Waals surface area (Å²) in [6, 6.07) is 42.7. The number of unbranched alkanes of at least 4 members (excludes halogenated alkanes) is 3. The van der Waals surface area contributed by atoms with Crippen LogP contribution in [0.5, 0.6) is 0 Å². The van der Waals surface area contributed by atoms with E-state index in [1.807, 2.05) is 167 Å².